The molecule has 2 rings (SSSR count). The molecule has 2 aliphatic rings. The Morgan fingerprint density at radius 1 is 1.14 bits per heavy atom. The lowest BCUT2D eigenvalue weighted by Crippen LogP contribution is -2.31. The first-order valence-electron chi connectivity index (χ1n) is 6.39. The van der Waals surface area contributed by atoms with Crippen molar-refractivity contribution in [3.05, 3.63) is 0 Å². The molecule has 1 aliphatic carbocycles. The van der Waals surface area contributed by atoms with Gasteiger partial charge in [0.1, 0.15) is 0 Å². The van der Waals surface area contributed by atoms with Crippen molar-refractivity contribution in [2.75, 3.05) is 20.1 Å². The third kappa shape index (κ3) is 2.73. The van der Waals surface area contributed by atoms with Crippen LogP contribution in [0.5, 0.6) is 0 Å². The van der Waals surface area contributed by atoms with E-state index in [1.165, 1.54) is 45.2 Å². The van der Waals surface area contributed by atoms with Crippen LogP contribution in [0.3, 0.4) is 0 Å². The summed E-state index contributed by atoms with van der Waals surface area (Å²) in [5.74, 6) is 0.929. The van der Waals surface area contributed by atoms with E-state index in [1.54, 1.807) is 0 Å². The summed E-state index contributed by atoms with van der Waals surface area (Å²) < 4.78 is 0. The predicted molar refractivity (Wildman–Crippen MR) is 63.5 cm³/mol. The summed E-state index contributed by atoms with van der Waals surface area (Å²) in [7, 11) is 2.27. The van der Waals surface area contributed by atoms with Gasteiger partial charge >= 0.3 is 0 Å². The highest BCUT2D eigenvalue weighted by Gasteiger charge is 2.39. The highest BCUT2D eigenvalue weighted by molar-refractivity contribution is 4.91. The Kier molecular flexibility index (Phi) is 4.43. The van der Waals surface area contributed by atoms with Gasteiger partial charge in [0.05, 0.1) is 0 Å². The molecular weight excluding hydrogens is 170 g/mol. The van der Waals surface area contributed by atoms with Gasteiger partial charge in [-0.05, 0) is 50.6 Å². The van der Waals surface area contributed by atoms with Crippen LogP contribution in [0.25, 0.3) is 0 Å². The maximum absolute atomic E-state index is 2.51. The van der Waals surface area contributed by atoms with Gasteiger partial charge in [0.2, 0.25) is 0 Å². The Morgan fingerprint density at radius 2 is 1.79 bits per heavy atom. The maximum Gasteiger partial charge on any atom is 0.000418 e. The molecule has 1 heteroatoms. The standard InChI is InChI=1S/C11H21N.C2H6/c1-10-8-11(4-3-5-11)6-7-12(2)9-10;1-2/h10H,3-9H2,1-2H3;1-2H3. The molecule has 0 N–H and O–H groups in total. The van der Waals surface area contributed by atoms with Gasteiger partial charge in [0.25, 0.3) is 0 Å². The molecule has 0 bridgehead atoms. The van der Waals surface area contributed by atoms with Crippen LogP contribution in [0.4, 0.5) is 0 Å². The lowest BCUT2D eigenvalue weighted by Gasteiger charge is -2.42. The zero-order valence-electron chi connectivity index (χ0n) is 10.5. The van der Waals surface area contributed by atoms with Crippen LogP contribution < -0.4 is 0 Å². The summed E-state index contributed by atoms with van der Waals surface area (Å²) in [4.78, 5) is 2.51. The summed E-state index contributed by atoms with van der Waals surface area (Å²) in [5, 5.41) is 0. The molecule has 1 saturated heterocycles. The van der Waals surface area contributed by atoms with E-state index in [-0.39, 0.29) is 0 Å². The minimum Gasteiger partial charge on any atom is -0.306 e. The molecule has 1 heterocycles. The molecule has 1 spiro atoms. The number of likely N-dealkylation sites (tertiary alicyclic amines) is 1. The summed E-state index contributed by atoms with van der Waals surface area (Å²) in [6, 6.07) is 0. The Labute approximate surface area is 89.9 Å². The Hall–Kier alpha value is -0.0400. The van der Waals surface area contributed by atoms with Gasteiger partial charge in [-0.2, -0.15) is 0 Å². The van der Waals surface area contributed by atoms with Gasteiger partial charge in [0.15, 0.2) is 0 Å². The normalized spacial score (nSPS) is 31.3. The van der Waals surface area contributed by atoms with Crippen molar-refractivity contribution in [1.29, 1.82) is 0 Å². The van der Waals surface area contributed by atoms with E-state index in [2.05, 4.69) is 18.9 Å². The minimum absolute atomic E-state index is 0.796. The van der Waals surface area contributed by atoms with Crippen LogP contribution in [0.1, 0.15) is 52.9 Å². The van der Waals surface area contributed by atoms with E-state index in [0.717, 1.165) is 11.3 Å². The van der Waals surface area contributed by atoms with Crippen molar-refractivity contribution in [2.24, 2.45) is 11.3 Å². The molecule has 0 aromatic heterocycles. The van der Waals surface area contributed by atoms with Crippen LogP contribution in [-0.2, 0) is 0 Å². The number of nitrogens with zero attached hydrogens (tertiary/aromatic N) is 1. The minimum atomic E-state index is 0.796. The fraction of sp³-hybridized carbons (Fsp3) is 1.00. The first-order chi connectivity index (χ1) is 6.70. The second kappa shape index (κ2) is 5.16. The van der Waals surface area contributed by atoms with Crippen LogP contribution in [0.15, 0.2) is 0 Å². The third-order valence-electron chi connectivity index (χ3n) is 3.84. The van der Waals surface area contributed by atoms with Crippen LogP contribution in [0, 0.1) is 11.3 Å². The summed E-state index contributed by atoms with van der Waals surface area (Å²) >= 11 is 0. The second-order valence-electron chi connectivity index (χ2n) is 5.18. The topological polar surface area (TPSA) is 3.24 Å². The largest absolute Gasteiger partial charge is 0.306 e. The first kappa shape index (κ1) is 12.0. The molecular formula is C13H27N. The highest BCUT2D eigenvalue weighted by Crippen LogP contribution is 2.49. The molecule has 14 heavy (non-hydrogen) atoms. The first-order valence-corrected chi connectivity index (χ1v) is 6.39. The molecule has 0 amide bonds. The van der Waals surface area contributed by atoms with Crippen molar-refractivity contribution in [1.82, 2.24) is 4.90 Å². The molecule has 1 nitrogen and oxygen atoms in total. The molecule has 0 radical (unpaired) electrons. The fourth-order valence-corrected chi connectivity index (χ4v) is 3.09. The van der Waals surface area contributed by atoms with E-state index in [9.17, 15) is 0 Å². The Balaban J connectivity index is 0.000000461. The Morgan fingerprint density at radius 3 is 2.29 bits per heavy atom. The molecule has 1 unspecified atom stereocenters. The zero-order chi connectivity index (χ0) is 10.6. The number of hydrogen-bond acceptors (Lipinski definition) is 1. The average molecular weight is 197 g/mol. The fourth-order valence-electron chi connectivity index (χ4n) is 3.09. The van der Waals surface area contributed by atoms with Crippen molar-refractivity contribution in [3.8, 4) is 0 Å². The maximum atomic E-state index is 2.51. The molecule has 2 fully saturated rings. The lowest BCUT2D eigenvalue weighted by atomic mass is 9.63. The van der Waals surface area contributed by atoms with Gasteiger partial charge in [-0.15, -0.1) is 0 Å². The second-order valence-corrected chi connectivity index (χ2v) is 5.18. The van der Waals surface area contributed by atoms with Gasteiger partial charge in [-0.1, -0.05) is 27.2 Å². The van der Waals surface area contributed by atoms with Crippen molar-refractivity contribution >= 4 is 0 Å². The SMILES string of the molecule is CC.CC1CN(C)CCC2(CCC2)C1. The number of rotatable bonds is 0. The summed E-state index contributed by atoms with van der Waals surface area (Å²) in [6.07, 6.45) is 7.50. The molecule has 1 saturated carbocycles. The molecule has 0 aromatic carbocycles. The summed E-state index contributed by atoms with van der Waals surface area (Å²) in [5.41, 5.74) is 0.796. The molecule has 1 aliphatic heterocycles. The van der Waals surface area contributed by atoms with Gasteiger partial charge in [-0.3, -0.25) is 0 Å². The van der Waals surface area contributed by atoms with Crippen LogP contribution in [-0.4, -0.2) is 25.0 Å². The molecule has 84 valence electrons. The zero-order valence-corrected chi connectivity index (χ0v) is 10.5. The van der Waals surface area contributed by atoms with E-state index in [1.807, 2.05) is 13.8 Å². The quantitative estimate of drug-likeness (QED) is 0.574. The number of hydrogen-bond donors (Lipinski definition) is 0. The smallest absolute Gasteiger partial charge is 0.000418 e. The van der Waals surface area contributed by atoms with E-state index < -0.39 is 0 Å². The third-order valence-corrected chi connectivity index (χ3v) is 3.84. The van der Waals surface area contributed by atoms with E-state index in [0.29, 0.717) is 0 Å². The van der Waals surface area contributed by atoms with Gasteiger partial charge in [0, 0.05) is 6.54 Å². The van der Waals surface area contributed by atoms with E-state index in [4.69, 9.17) is 0 Å². The van der Waals surface area contributed by atoms with Crippen LogP contribution in [0.2, 0.25) is 0 Å². The summed E-state index contributed by atoms with van der Waals surface area (Å²) in [6.45, 7) is 9.08. The average Bonchev–Trinajstić information content (AvgIpc) is 2.27. The van der Waals surface area contributed by atoms with Crippen molar-refractivity contribution in [2.45, 2.75) is 52.9 Å². The van der Waals surface area contributed by atoms with Crippen molar-refractivity contribution < 1.29 is 0 Å². The predicted octanol–water partition coefficient (Wildman–Crippen LogP) is 3.54. The van der Waals surface area contributed by atoms with Crippen molar-refractivity contribution in [3.63, 3.8) is 0 Å². The van der Waals surface area contributed by atoms with Gasteiger partial charge < -0.3 is 4.90 Å². The van der Waals surface area contributed by atoms with Crippen LogP contribution >= 0.6 is 0 Å². The Bertz CT molecular complexity index is 161. The molecule has 1 atom stereocenters. The van der Waals surface area contributed by atoms with Gasteiger partial charge in [-0.25, -0.2) is 0 Å². The highest BCUT2D eigenvalue weighted by atomic mass is 15.1. The van der Waals surface area contributed by atoms with E-state index >= 15 is 0 Å². The monoisotopic (exact) mass is 197 g/mol. The lowest BCUT2D eigenvalue weighted by molar-refractivity contribution is 0.0982. The molecule has 0 aromatic rings.